The highest BCUT2D eigenvalue weighted by molar-refractivity contribution is 5.53. The first-order chi connectivity index (χ1) is 12.4. The molecule has 1 N–H and O–H groups in total. The minimum atomic E-state index is 0.516. The van der Waals surface area contributed by atoms with Gasteiger partial charge in [-0.1, -0.05) is 6.07 Å². The summed E-state index contributed by atoms with van der Waals surface area (Å²) in [4.78, 5) is 13.2. The fraction of sp³-hybridized carbons (Fsp3) is 0.111. The Bertz CT molecular complexity index is 867. The third-order valence-electron chi connectivity index (χ3n) is 3.64. The SMILES string of the molecule is c1cncc(CCNc2cc(-n3cccn3)nc(-c3ccco3)n2)c1. The van der Waals surface area contributed by atoms with Crippen LogP contribution in [-0.4, -0.2) is 31.3 Å². The number of nitrogens with one attached hydrogen (secondary N) is 1. The number of rotatable bonds is 6. The summed E-state index contributed by atoms with van der Waals surface area (Å²) in [5.74, 6) is 2.53. The molecule has 4 heterocycles. The van der Waals surface area contributed by atoms with E-state index >= 15 is 0 Å². The van der Waals surface area contributed by atoms with Gasteiger partial charge in [-0.15, -0.1) is 0 Å². The van der Waals surface area contributed by atoms with Gasteiger partial charge in [0.25, 0.3) is 0 Å². The molecule has 0 spiro atoms. The molecule has 0 saturated heterocycles. The lowest BCUT2D eigenvalue weighted by Crippen LogP contribution is -2.09. The van der Waals surface area contributed by atoms with Gasteiger partial charge in [0, 0.05) is 37.4 Å². The summed E-state index contributed by atoms with van der Waals surface area (Å²) in [5.41, 5.74) is 1.17. The highest BCUT2D eigenvalue weighted by Crippen LogP contribution is 2.20. The van der Waals surface area contributed by atoms with Crippen molar-refractivity contribution in [2.45, 2.75) is 6.42 Å². The first-order valence-electron chi connectivity index (χ1n) is 7.94. The van der Waals surface area contributed by atoms with Crippen LogP contribution in [0.3, 0.4) is 0 Å². The summed E-state index contributed by atoms with van der Waals surface area (Å²) in [7, 11) is 0. The molecule has 0 saturated carbocycles. The third kappa shape index (κ3) is 3.55. The fourth-order valence-corrected chi connectivity index (χ4v) is 2.44. The van der Waals surface area contributed by atoms with E-state index in [1.54, 1.807) is 23.3 Å². The molecule has 25 heavy (non-hydrogen) atoms. The van der Waals surface area contributed by atoms with E-state index in [1.807, 2.05) is 42.7 Å². The van der Waals surface area contributed by atoms with Crippen LogP contribution in [0.15, 0.2) is 71.9 Å². The van der Waals surface area contributed by atoms with Crippen LogP contribution in [0.25, 0.3) is 17.4 Å². The average Bonchev–Trinajstić information content (AvgIpc) is 3.36. The van der Waals surface area contributed by atoms with Gasteiger partial charge in [-0.05, 0) is 36.2 Å². The molecule has 124 valence electrons. The van der Waals surface area contributed by atoms with Crippen molar-refractivity contribution >= 4 is 5.82 Å². The van der Waals surface area contributed by atoms with E-state index < -0.39 is 0 Å². The number of hydrogen-bond acceptors (Lipinski definition) is 6. The number of anilines is 1. The number of nitrogens with zero attached hydrogens (tertiary/aromatic N) is 5. The Hall–Kier alpha value is -3.48. The summed E-state index contributed by atoms with van der Waals surface area (Å²) in [6.07, 6.45) is 9.65. The maximum Gasteiger partial charge on any atom is 0.199 e. The molecule has 4 aromatic rings. The molecule has 0 unspecified atom stereocenters. The minimum absolute atomic E-state index is 0.516. The molecule has 0 atom stereocenters. The van der Waals surface area contributed by atoms with Crippen LogP contribution < -0.4 is 5.32 Å². The van der Waals surface area contributed by atoms with Crippen molar-refractivity contribution in [2.75, 3.05) is 11.9 Å². The Balaban J connectivity index is 1.58. The van der Waals surface area contributed by atoms with E-state index in [2.05, 4.69) is 31.4 Å². The van der Waals surface area contributed by atoms with E-state index in [4.69, 9.17) is 4.42 Å². The molecule has 4 rings (SSSR count). The van der Waals surface area contributed by atoms with Crippen LogP contribution in [0, 0.1) is 0 Å². The summed E-state index contributed by atoms with van der Waals surface area (Å²) in [6, 6.07) is 11.4. The molecular formula is C18H16N6O. The second kappa shape index (κ2) is 6.96. The highest BCUT2D eigenvalue weighted by Gasteiger charge is 2.10. The zero-order chi connectivity index (χ0) is 16.9. The minimum Gasteiger partial charge on any atom is -0.461 e. The maximum atomic E-state index is 5.43. The molecule has 7 nitrogen and oxygen atoms in total. The second-order valence-corrected chi connectivity index (χ2v) is 5.40. The summed E-state index contributed by atoms with van der Waals surface area (Å²) < 4.78 is 7.12. The van der Waals surface area contributed by atoms with Crippen LogP contribution in [-0.2, 0) is 6.42 Å². The molecule has 0 fully saturated rings. The van der Waals surface area contributed by atoms with Gasteiger partial charge in [-0.3, -0.25) is 4.98 Å². The summed E-state index contributed by atoms with van der Waals surface area (Å²) >= 11 is 0. The first kappa shape index (κ1) is 15.1. The van der Waals surface area contributed by atoms with Gasteiger partial charge in [0.2, 0.25) is 0 Å². The Morgan fingerprint density at radius 2 is 2.08 bits per heavy atom. The quantitative estimate of drug-likeness (QED) is 0.584. The maximum absolute atomic E-state index is 5.43. The predicted octanol–water partition coefficient (Wildman–Crippen LogP) is 2.97. The molecule has 7 heteroatoms. The zero-order valence-electron chi connectivity index (χ0n) is 13.4. The van der Waals surface area contributed by atoms with E-state index in [-0.39, 0.29) is 0 Å². The van der Waals surface area contributed by atoms with E-state index in [0.717, 1.165) is 18.8 Å². The largest absolute Gasteiger partial charge is 0.461 e. The van der Waals surface area contributed by atoms with Gasteiger partial charge in [-0.25, -0.2) is 14.6 Å². The molecule has 0 bridgehead atoms. The molecule has 0 aliphatic rings. The third-order valence-corrected chi connectivity index (χ3v) is 3.64. The highest BCUT2D eigenvalue weighted by atomic mass is 16.3. The van der Waals surface area contributed by atoms with E-state index in [0.29, 0.717) is 17.4 Å². The van der Waals surface area contributed by atoms with Crippen LogP contribution in [0.2, 0.25) is 0 Å². The number of furan rings is 1. The lowest BCUT2D eigenvalue weighted by Gasteiger charge is -2.09. The summed E-state index contributed by atoms with van der Waals surface area (Å²) in [5, 5.41) is 7.57. The second-order valence-electron chi connectivity index (χ2n) is 5.40. The van der Waals surface area contributed by atoms with E-state index in [1.165, 1.54) is 5.56 Å². The number of hydrogen-bond donors (Lipinski definition) is 1. The lowest BCUT2D eigenvalue weighted by molar-refractivity contribution is 0.577. The molecule has 0 aliphatic carbocycles. The van der Waals surface area contributed by atoms with E-state index in [9.17, 15) is 0 Å². The van der Waals surface area contributed by atoms with Crippen molar-refractivity contribution in [1.29, 1.82) is 0 Å². The van der Waals surface area contributed by atoms with Gasteiger partial charge in [0.05, 0.1) is 6.26 Å². The normalized spacial score (nSPS) is 10.7. The van der Waals surface area contributed by atoms with Gasteiger partial charge in [0.1, 0.15) is 5.82 Å². The van der Waals surface area contributed by atoms with Crippen molar-refractivity contribution < 1.29 is 4.42 Å². The van der Waals surface area contributed by atoms with Crippen LogP contribution in [0.4, 0.5) is 5.82 Å². The molecular weight excluding hydrogens is 316 g/mol. The van der Waals surface area contributed by atoms with Crippen molar-refractivity contribution in [2.24, 2.45) is 0 Å². The van der Waals surface area contributed by atoms with Gasteiger partial charge in [0.15, 0.2) is 17.4 Å². The van der Waals surface area contributed by atoms with Gasteiger partial charge in [-0.2, -0.15) is 5.10 Å². The first-order valence-corrected chi connectivity index (χ1v) is 7.94. The van der Waals surface area contributed by atoms with Crippen molar-refractivity contribution in [3.8, 4) is 17.4 Å². The molecule has 0 aliphatic heterocycles. The smallest absolute Gasteiger partial charge is 0.199 e. The molecule has 4 aromatic heterocycles. The molecule has 0 radical (unpaired) electrons. The Morgan fingerprint density at radius 3 is 2.84 bits per heavy atom. The Morgan fingerprint density at radius 1 is 1.08 bits per heavy atom. The van der Waals surface area contributed by atoms with Gasteiger partial charge >= 0.3 is 0 Å². The molecule has 0 aromatic carbocycles. The topological polar surface area (TPSA) is 81.7 Å². The predicted molar refractivity (Wildman–Crippen MR) is 93.3 cm³/mol. The standard InChI is InChI=1S/C18H16N6O/c1-4-14(13-19-7-1)6-9-20-16-12-17(24-10-3-8-21-24)23-18(22-16)15-5-2-11-25-15/h1-5,7-8,10-13H,6,9H2,(H,20,22,23). The lowest BCUT2D eigenvalue weighted by atomic mass is 10.2. The zero-order valence-corrected chi connectivity index (χ0v) is 13.4. The van der Waals surface area contributed by atoms with Crippen molar-refractivity contribution in [3.63, 3.8) is 0 Å². The summed E-state index contributed by atoms with van der Waals surface area (Å²) in [6.45, 7) is 0.735. The average molecular weight is 332 g/mol. The van der Waals surface area contributed by atoms with Crippen LogP contribution in [0.5, 0.6) is 0 Å². The number of pyridine rings is 1. The molecule has 0 amide bonds. The van der Waals surface area contributed by atoms with Crippen LogP contribution >= 0.6 is 0 Å². The Kier molecular flexibility index (Phi) is 4.20. The van der Waals surface area contributed by atoms with Crippen molar-refractivity contribution in [1.82, 2.24) is 24.7 Å². The Labute approximate surface area is 144 Å². The number of aromatic nitrogens is 5. The fourth-order valence-electron chi connectivity index (χ4n) is 2.44. The van der Waals surface area contributed by atoms with Gasteiger partial charge < -0.3 is 9.73 Å². The monoisotopic (exact) mass is 332 g/mol. The van der Waals surface area contributed by atoms with Crippen LogP contribution in [0.1, 0.15) is 5.56 Å². The van der Waals surface area contributed by atoms with Crippen molar-refractivity contribution in [3.05, 3.63) is 73.0 Å².